The SMILES string of the molecule is CCc1nccc(-c2ccc3c(c2)cc(C(=O)N2CCc4nn(-c5cc(C)cc(C)c5)c(N(C)c5ccc(N(C=N)C(=N)C(C)C)c(C)c5)c4C2)n3[C@@]2(C(=N)NC(=O)O)C[C@@H]2C)c1C. The van der Waals surface area contributed by atoms with E-state index in [0.717, 1.165) is 90.5 Å². The summed E-state index contributed by atoms with van der Waals surface area (Å²) >= 11 is 0. The van der Waals surface area contributed by atoms with E-state index in [9.17, 15) is 9.90 Å². The maximum atomic E-state index is 15.3. The Labute approximate surface area is 374 Å². The van der Waals surface area contributed by atoms with E-state index < -0.39 is 11.6 Å². The summed E-state index contributed by atoms with van der Waals surface area (Å²) in [5.41, 5.74) is 11.7. The van der Waals surface area contributed by atoms with E-state index in [2.05, 4.69) is 73.2 Å². The van der Waals surface area contributed by atoms with Crippen molar-refractivity contribution in [2.24, 2.45) is 11.8 Å². The molecule has 64 heavy (non-hydrogen) atoms. The van der Waals surface area contributed by atoms with Gasteiger partial charge in [-0.3, -0.25) is 36.2 Å². The molecule has 2 aliphatic rings. The third-order valence-corrected chi connectivity index (χ3v) is 13.1. The van der Waals surface area contributed by atoms with Crippen LogP contribution in [0.15, 0.2) is 72.9 Å². The molecule has 330 valence electrons. The molecule has 0 saturated heterocycles. The summed E-state index contributed by atoms with van der Waals surface area (Å²) in [4.78, 5) is 37.4. The van der Waals surface area contributed by atoms with Crippen LogP contribution in [-0.2, 0) is 24.9 Å². The maximum absolute atomic E-state index is 15.3. The van der Waals surface area contributed by atoms with Crippen molar-refractivity contribution in [3.63, 3.8) is 0 Å². The van der Waals surface area contributed by atoms with Gasteiger partial charge in [0.15, 0.2) is 0 Å². The Kier molecular flexibility index (Phi) is 11.3. The van der Waals surface area contributed by atoms with Gasteiger partial charge < -0.3 is 19.5 Å². The van der Waals surface area contributed by atoms with Crippen LogP contribution < -0.4 is 15.1 Å². The molecule has 0 spiro atoms. The Morgan fingerprint density at radius 3 is 2.36 bits per heavy atom. The van der Waals surface area contributed by atoms with Crippen molar-refractivity contribution >= 4 is 58.1 Å². The van der Waals surface area contributed by atoms with Crippen LogP contribution in [-0.4, -0.2) is 72.9 Å². The van der Waals surface area contributed by atoms with Gasteiger partial charge in [-0.15, -0.1) is 0 Å². The Balaban J connectivity index is 1.24. The van der Waals surface area contributed by atoms with Crippen LogP contribution in [0, 0.1) is 55.8 Å². The van der Waals surface area contributed by atoms with Gasteiger partial charge in [-0.05, 0) is 134 Å². The first-order valence-electron chi connectivity index (χ1n) is 21.9. The third kappa shape index (κ3) is 7.39. The molecule has 0 unspecified atom stereocenters. The van der Waals surface area contributed by atoms with Crippen LogP contribution in [0.4, 0.5) is 22.0 Å². The molecule has 2 amide bonds. The largest absolute Gasteiger partial charge is 0.465 e. The zero-order valence-corrected chi connectivity index (χ0v) is 38.1. The fourth-order valence-electron chi connectivity index (χ4n) is 9.69. The van der Waals surface area contributed by atoms with E-state index in [-0.39, 0.29) is 30.1 Å². The molecule has 5 N–H and O–H groups in total. The number of hydrogen-bond donors (Lipinski definition) is 5. The highest BCUT2D eigenvalue weighted by Crippen LogP contribution is 2.53. The quantitative estimate of drug-likeness (QED) is 0.0635. The average molecular weight is 860 g/mol. The Morgan fingerprint density at radius 1 is 1.02 bits per heavy atom. The lowest BCUT2D eigenvalue weighted by atomic mass is 9.98. The van der Waals surface area contributed by atoms with E-state index >= 15 is 4.79 Å². The second-order valence-electron chi connectivity index (χ2n) is 17.8. The number of aromatic nitrogens is 4. The van der Waals surface area contributed by atoms with Crippen LogP contribution in [0.5, 0.6) is 0 Å². The Morgan fingerprint density at radius 2 is 1.73 bits per heavy atom. The standard InChI is InChI=1S/C50H57N11O3/c1-10-40-33(8)38(15-17-54-40)34-11-13-43-35(23-34)24-44(60(43)50(25-32(50)7)48(53)55-49(63)64)47(62)58-18-16-41-39(26-58)46(61(56-41)37-20-29(4)19-30(5)21-37)57(9)36-12-14-42(31(6)22-36)59(27-51)45(52)28(2)3/h11-15,17,19-24,27-28,32,51-52H,10,16,18,25-26H2,1-9H3,(H2,53,55)(H,63,64)/t32-,50-/m0/s1. The van der Waals surface area contributed by atoms with Gasteiger partial charge in [0.25, 0.3) is 5.91 Å². The predicted octanol–water partition coefficient (Wildman–Crippen LogP) is 9.68. The number of fused-ring (bicyclic) bond motifs is 2. The summed E-state index contributed by atoms with van der Waals surface area (Å²) in [6, 6.07) is 22.3. The Bertz CT molecular complexity index is 2890. The lowest BCUT2D eigenvalue weighted by Crippen LogP contribution is -2.44. The van der Waals surface area contributed by atoms with Crippen LogP contribution >= 0.6 is 0 Å². The Hall–Kier alpha value is -7.09. The molecule has 6 aromatic rings. The van der Waals surface area contributed by atoms with E-state index in [0.29, 0.717) is 30.9 Å². The predicted molar refractivity (Wildman–Crippen MR) is 254 cm³/mol. The average Bonchev–Trinajstić information content (AvgIpc) is 3.58. The molecule has 8 rings (SSSR count). The number of carboxylic acid groups (broad SMARTS) is 1. The van der Waals surface area contributed by atoms with Crippen LogP contribution in [0.25, 0.3) is 27.7 Å². The summed E-state index contributed by atoms with van der Waals surface area (Å²) < 4.78 is 3.89. The number of rotatable bonds is 11. The minimum Gasteiger partial charge on any atom is -0.465 e. The molecule has 14 nitrogen and oxygen atoms in total. The van der Waals surface area contributed by atoms with Crippen molar-refractivity contribution in [2.75, 3.05) is 23.4 Å². The number of aryl methyl sites for hydroxylation is 4. The first-order chi connectivity index (χ1) is 30.5. The van der Waals surface area contributed by atoms with Gasteiger partial charge in [0.1, 0.15) is 28.7 Å². The topological polar surface area (TPSA) is 183 Å². The maximum Gasteiger partial charge on any atom is 0.410 e. The fraction of sp³-hybridized carbons (Fsp3) is 0.340. The smallest absolute Gasteiger partial charge is 0.410 e. The highest BCUT2D eigenvalue weighted by Gasteiger charge is 2.59. The van der Waals surface area contributed by atoms with Crippen molar-refractivity contribution < 1.29 is 14.7 Å². The molecule has 3 aromatic heterocycles. The van der Waals surface area contributed by atoms with E-state index in [1.54, 1.807) is 4.90 Å². The number of amidine groups is 2. The number of nitrogens with zero attached hydrogens (tertiary/aromatic N) is 7. The molecule has 1 aliphatic carbocycles. The number of hydrogen-bond acceptors (Lipinski definition) is 8. The molecule has 14 heteroatoms. The van der Waals surface area contributed by atoms with Gasteiger partial charge in [0, 0.05) is 60.0 Å². The molecule has 1 fully saturated rings. The monoisotopic (exact) mass is 859 g/mol. The van der Waals surface area contributed by atoms with Gasteiger partial charge >= 0.3 is 6.09 Å². The summed E-state index contributed by atoms with van der Waals surface area (Å²) in [6.45, 7) is 16.8. The number of anilines is 3. The van der Waals surface area contributed by atoms with Crippen LogP contribution in [0.3, 0.4) is 0 Å². The molecular weight excluding hydrogens is 803 g/mol. The first kappa shape index (κ1) is 43.6. The summed E-state index contributed by atoms with van der Waals surface area (Å²) in [7, 11) is 2.00. The number of nitrogens with one attached hydrogen (secondary N) is 4. The molecule has 0 radical (unpaired) electrons. The normalized spacial score (nSPS) is 16.7. The van der Waals surface area contributed by atoms with Crippen molar-refractivity contribution in [3.8, 4) is 16.8 Å². The fourth-order valence-corrected chi connectivity index (χ4v) is 9.69. The van der Waals surface area contributed by atoms with Crippen molar-refractivity contribution in [1.29, 1.82) is 16.2 Å². The molecule has 3 aromatic carbocycles. The molecule has 4 heterocycles. The summed E-state index contributed by atoms with van der Waals surface area (Å²) in [5, 5.41) is 44.0. The molecule has 2 atom stereocenters. The van der Waals surface area contributed by atoms with Gasteiger partial charge in [-0.25, -0.2) is 9.48 Å². The summed E-state index contributed by atoms with van der Waals surface area (Å²) in [5.74, 6) is 0.592. The molecule has 1 saturated carbocycles. The number of pyridine rings is 1. The number of benzene rings is 3. The lowest BCUT2D eigenvalue weighted by Gasteiger charge is -2.31. The molecular formula is C50H57N11O3. The van der Waals surface area contributed by atoms with Gasteiger partial charge in [-0.1, -0.05) is 39.8 Å². The van der Waals surface area contributed by atoms with Crippen molar-refractivity contribution in [3.05, 3.63) is 118 Å². The third-order valence-electron chi connectivity index (χ3n) is 13.1. The van der Waals surface area contributed by atoms with Crippen LogP contribution in [0.1, 0.15) is 83.8 Å². The van der Waals surface area contributed by atoms with E-state index in [4.69, 9.17) is 21.3 Å². The van der Waals surface area contributed by atoms with Gasteiger partial charge in [-0.2, -0.15) is 5.10 Å². The van der Waals surface area contributed by atoms with Crippen molar-refractivity contribution in [2.45, 2.75) is 86.7 Å². The number of carbonyl (C=O) groups excluding carboxylic acids is 1. The van der Waals surface area contributed by atoms with Crippen molar-refractivity contribution in [1.82, 2.24) is 29.5 Å². The number of carbonyl (C=O) groups is 2. The van der Waals surface area contributed by atoms with E-state index in [1.165, 1.54) is 6.34 Å². The van der Waals surface area contributed by atoms with E-state index in [1.807, 2.05) is 91.5 Å². The van der Waals surface area contributed by atoms with Crippen LogP contribution in [0.2, 0.25) is 0 Å². The minimum atomic E-state index is -1.32. The summed E-state index contributed by atoms with van der Waals surface area (Å²) in [6.07, 6.45) is 3.50. The zero-order valence-electron chi connectivity index (χ0n) is 38.1. The highest BCUT2D eigenvalue weighted by atomic mass is 16.4. The van der Waals surface area contributed by atoms with Gasteiger partial charge in [0.2, 0.25) is 0 Å². The highest BCUT2D eigenvalue weighted by molar-refractivity contribution is 6.10. The zero-order chi connectivity index (χ0) is 45.9. The van der Waals surface area contributed by atoms with Gasteiger partial charge in [0.05, 0.1) is 30.0 Å². The molecule has 1 aliphatic heterocycles. The second-order valence-corrected chi connectivity index (χ2v) is 17.8. The molecule has 0 bridgehead atoms. The minimum absolute atomic E-state index is 0.0661. The lowest BCUT2D eigenvalue weighted by molar-refractivity contribution is 0.0722. The first-order valence-corrected chi connectivity index (χ1v) is 21.9. The number of amides is 2. The second kappa shape index (κ2) is 16.6.